The van der Waals surface area contributed by atoms with Gasteiger partial charge in [0.05, 0.1) is 17.4 Å². The second kappa shape index (κ2) is 5.35. The summed E-state index contributed by atoms with van der Waals surface area (Å²) in [6.45, 7) is 2.38. The van der Waals surface area contributed by atoms with E-state index in [-0.39, 0.29) is 17.5 Å². The minimum atomic E-state index is -2.91. The molecule has 100 valence electrons. The van der Waals surface area contributed by atoms with E-state index in [0.29, 0.717) is 12.4 Å². The zero-order valence-corrected chi connectivity index (χ0v) is 13.1. The Labute approximate surface area is 120 Å². The number of rotatable bonds is 2. The second-order valence-electron chi connectivity index (χ2n) is 4.43. The fourth-order valence-corrected chi connectivity index (χ4v) is 4.28. The molecule has 0 bridgehead atoms. The van der Waals surface area contributed by atoms with Crippen LogP contribution in [0.5, 0.6) is 0 Å². The van der Waals surface area contributed by atoms with Gasteiger partial charge in [0.2, 0.25) is 0 Å². The van der Waals surface area contributed by atoms with Crippen molar-refractivity contribution in [1.82, 2.24) is 4.98 Å². The van der Waals surface area contributed by atoms with E-state index in [1.165, 1.54) is 0 Å². The van der Waals surface area contributed by atoms with Gasteiger partial charge in [-0.3, -0.25) is 0 Å². The molecule has 0 spiro atoms. The van der Waals surface area contributed by atoms with Crippen LogP contribution in [0.1, 0.15) is 12.5 Å². The van der Waals surface area contributed by atoms with Crippen molar-refractivity contribution in [3.05, 3.63) is 22.3 Å². The van der Waals surface area contributed by atoms with Crippen molar-refractivity contribution in [2.45, 2.75) is 18.8 Å². The monoisotopic (exact) mass is 352 g/mol. The van der Waals surface area contributed by atoms with Crippen LogP contribution >= 0.6 is 27.5 Å². The van der Waals surface area contributed by atoms with Crippen LogP contribution in [0, 0.1) is 0 Å². The molecular weight excluding hydrogens is 340 g/mol. The summed E-state index contributed by atoms with van der Waals surface area (Å²) in [5, 5.41) is 0. The van der Waals surface area contributed by atoms with Crippen molar-refractivity contribution in [2.24, 2.45) is 0 Å². The summed E-state index contributed by atoms with van der Waals surface area (Å²) in [6.07, 6.45) is 1.71. The Morgan fingerprint density at radius 3 is 2.94 bits per heavy atom. The molecule has 1 unspecified atom stereocenters. The maximum Gasteiger partial charge on any atom is 0.154 e. The van der Waals surface area contributed by atoms with Gasteiger partial charge in [-0.1, -0.05) is 0 Å². The fraction of sp³-hybridized carbons (Fsp3) is 0.545. The Bertz CT molecular complexity index is 550. The first-order valence-electron chi connectivity index (χ1n) is 5.60. The average Bonchev–Trinajstić information content (AvgIpc) is 2.29. The van der Waals surface area contributed by atoms with Crippen molar-refractivity contribution >= 4 is 43.2 Å². The highest BCUT2D eigenvalue weighted by Crippen LogP contribution is 2.26. The van der Waals surface area contributed by atoms with Gasteiger partial charge in [0, 0.05) is 28.8 Å². The number of alkyl halides is 1. The molecule has 7 heteroatoms. The number of nitrogens with zero attached hydrogens (tertiary/aromatic N) is 2. The van der Waals surface area contributed by atoms with Crippen molar-refractivity contribution in [3.63, 3.8) is 0 Å². The van der Waals surface area contributed by atoms with Gasteiger partial charge < -0.3 is 4.90 Å². The van der Waals surface area contributed by atoms with Gasteiger partial charge in [0.1, 0.15) is 5.82 Å². The molecule has 2 rings (SSSR count). The molecule has 1 atom stereocenters. The van der Waals surface area contributed by atoms with Crippen LogP contribution in [0.4, 0.5) is 5.82 Å². The third-order valence-corrected chi connectivity index (χ3v) is 5.51. The van der Waals surface area contributed by atoms with Crippen molar-refractivity contribution in [2.75, 3.05) is 23.0 Å². The summed E-state index contributed by atoms with van der Waals surface area (Å²) >= 11 is 9.28. The fourth-order valence-electron chi connectivity index (χ4n) is 2.14. The maximum absolute atomic E-state index is 11.6. The topological polar surface area (TPSA) is 50.3 Å². The minimum absolute atomic E-state index is 0.0700. The highest BCUT2D eigenvalue weighted by Gasteiger charge is 2.29. The molecule has 2 heterocycles. The summed E-state index contributed by atoms with van der Waals surface area (Å²) in [5.74, 6) is 1.50. The minimum Gasteiger partial charge on any atom is -0.352 e. The number of hydrogen-bond donors (Lipinski definition) is 0. The van der Waals surface area contributed by atoms with E-state index in [2.05, 4.69) is 20.9 Å². The van der Waals surface area contributed by atoms with Crippen molar-refractivity contribution < 1.29 is 8.42 Å². The summed E-state index contributed by atoms with van der Waals surface area (Å²) in [7, 11) is -2.91. The lowest BCUT2D eigenvalue weighted by Crippen LogP contribution is -2.47. The number of aromatic nitrogens is 1. The van der Waals surface area contributed by atoms with Crippen LogP contribution in [-0.2, 0) is 15.7 Å². The molecule has 1 saturated heterocycles. The molecule has 1 aliphatic heterocycles. The lowest BCUT2D eigenvalue weighted by molar-refractivity contribution is 0.566. The molecule has 0 N–H and O–H groups in total. The number of sulfone groups is 1. The highest BCUT2D eigenvalue weighted by atomic mass is 79.9. The van der Waals surface area contributed by atoms with Crippen LogP contribution in [-0.4, -0.2) is 37.5 Å². The predicted octanol–water partition coefficient (Wildman–Crippen LogP) is 2.21. The van der Waals surface area contributed by atoms with Crippen LogP contribution in [0.3, 0.4) is 0 Å². The van der Waals surface area contributed by atoms with Gasteiger partial charge in [-0.05, 0) is 28.9 Å². The second-order valence-corrected chi connectivity index (χ2v) is 7.84. The Kier molecular flexibility index (Phi) is 4.18. The highest BCUT2D eigenvalue weighted by molar-refractivity contribution is 9.10. The molecule has 18 heavy (non-hydrogen) atoms. The Morgan fingerprint density at radius 1 is 1.61 bits per heavy atom. The van der Waals surface area contributed by atoms with Gasteiger partial charge in [0.25, 0.3) is 0 Å². The SMILES string of the molecule is CC1CS(=O)(=O)CCN1c1ncc(Br)cc1CCl. The first-order chi connectivity index (χ1) is 8.43. The van der Waals surface area contributed by atoms with E-state index in [1.807, 2.05) is 17.9 Å². The largest absolute Gasteiger partial charge is 0.352 e. The number of halogens is 2. The molecular formula is C11H14BrClN2O2S. The molecule has 0 amide bonds. The van der Waals surface area contributed by atoms with E-state index in [1.54, 1.807) is 6.20 Å². The normalized spacial score (nSPS) is 23.1. The molecule has 4 nitrogen and oxygen atoms in total. The lowest BCUT2D eigenvalue weighted by Gasteiger charge is -2.35. The quantitative estimate of drug-likeness (QED) is 0.765. The number of anilines is 1. The lowest BCUT2D eigenvalue weighted by atomic mass is 10.2. The molecule has 1 fully saturated rings. The zero-order chi connectivity index (χ0) is 13.3. The van der Waals surface area contributed by atoms with Gasteiger partial charge in [-0.15, -0.1) is 11.6 Å². The third-order valence-electron chi connectivity index (χ3n) is 3.00. The molecule has 0 aliphatic carbocycles. The molecule has 1 aromatic rings. The van der Waals surface area contributed by atoms with E-state index in [0.717, 1.165) is 15.9 Å². The first-order valence-corrected chi connectivity index (χ1v) is 8.75. The van der Waals surface area contributed by atoms with Crippen molar-refractivity contribution in [1.29, 1.82) is 0 Å². The summed E-state index contributed by atoms with van der Waals surface area (Å²) in [4.78, 5) is 6.39. The summed E-state index contributed by atoms with van der Waals surface area (Å²) in [5.41, 5.74) is 0.914. The van der Waals surface area contributed by atoms with E-state index in [9.17, 15) is 8.42 Å². The number of hydrogen-bond acceptors (Lipinski definition) is 4. The van der Waals surface area contributed by atoms with E-state index in [4.69, 9.17) is 11.6 Å². The van der Waals surface area contributed by atoms with Crippen LogP contribution in [0.2, 0.25) is 0 Å². The van der Waals surface area contributed by atoms with Gasteiger partial charge in [0.15, 0.2) is 9.84 Å². The van der Waals surface area contributed by atoms with Gasteiger partial charge in [-0.2, -0.15) is 0 Å². The van der Waals surface area contributed by atoms with Gasteiger partial charge >= 0.3 is 0 Å². The molecule has 0 saturated carbocycles. The van der Waals surface area contributed by atoms with Crippen LogP contribution in [0.25, 0.3) is 0 Å². The molecule has 1 aromatic heterocycles. The summed E-state index contributed by atoms with van der Waals surface area (Å²) < 4.78 is 24.0. The molecule has 0 radical (unpaired) electrons. The molecule has 0 aromatic carbocycles. The van der Waals surface area contributed by atoms with Gasteiger partial charge in [-0.25, -0.2) is 13.4 Å². The standard InChI is InChI=1S/C11H14BrClN2O2S/c1-8-7-18(16,17)3-2-15(8)11-9(5-13)4-10(12)6-14-11/h4,6,8H,2-3,5,7H2,1H3. The maximum atomic E-state index is 11.6. The Morgan fingerprint density at radius 2 is 2.33 bits per heavy atom. The number of pyridine rings is 1. The third kappa shape index (κ3) is 2.97. The summed E-state index contributed by atoms with van der Waals surface area (Å²) in [6, 6.07) is 1.85. The average molecular weight is 354 g/mol. The van der Waals surface area contributed by atoms with E-state index >= 15 is 0 Å². The van der Waals surface area contributed by atoms with Crippen LogP contribution in [0.15, 0.2) is 16.7 Å². The molecule has 1 aliphatic rings. The Hall–Kier alpha value is -0.330. The zero-order valence-electron chi connectivity index (χ0n) is 9.94. The first kappa shape index (κ1) is 14.1. The van der Waals surface area contributed by atoms with Crippen LogP contribution < -0.4 is 4.90 Å². The predicted molar refractivity (Wildman–Crippen MR) is 77.0 cm³/mol. The Balaban J connectivity index is 2.32. The van der Waals surface area contributed by atoms with Crippen molar-refractivity contribution in [3.8, 4) is 0 Å². The van der Waals surface area contributed by atoms with E-state index < -0.39 is 9.84 Å². The smallest absolute Gasteiger partial charge is 0.154 e.